The maximum Gasteiger partial charge on any atom is 0.338 e. The van der Waals surface area contributed by atoms with Crippen LogP contribution >= 0.6 is 0 Å². The molecule has 0 spiro atoms. The standard InChI is InChI=1S/C21H25NO6/c1-5-27-16-8-6-15(7-9-16)21(24)28-13-20(23)22-14(2)18-12-17(25-3)10-11-19(18)26-4/h6-12,14H,5,13H2,1-4H3,(H,22,23)/t14-/m1/s1. The Bertz CT molecular complexity index is 803. The van der Waals surface area contributed by atoms with E-state index in [9.17, 15) is 9.59 Å². The first-order valence-electron chi connectivity index (χ1n) is 8.89. The monoisotopic (exact) mass is 387 g/mol. The van der Waals surface area contributed by atoms with Crippen LogP contribution in [0.3, 0.4) is 0 Å². The fourth-order valence-corrected chi connectivity index (χ4v) is 2.61. The van der Waals surface area contributed by atoms with Gasteiger partial charge in [-0.15, -0.1) is 0 Å². The van der Waals surface area contributed by atoms with Crippen LogP contribution in [0.1, 0.15) is 35.8 Å². The number of rotatable bonds is 9. The predicted octanol–water partition coefficient (Wildman–Crippen LogP) is 3.14. The molecule has 1 amide bonds. The van der Waals surface area contributed by atoms with Gasteiger partial charge in [-0.1, -0.05) is 0 Å². The van der Waals surface area contributed by atoms with Crippen LogP contribution in [0.5, 0.6) is 17.2 Å². The molecule has 0 aliphatic rings. The van der Waals surface area contributed by atoms with Crippen molar-refractivity contribution >= 4 is 11.9 Å². The Morgan fingerprint density at radius 2 is 1.68 bits per heavy atom. The number of methoxy groups -OCH3 is 2. The largest absolute Gasteiger partial charge is 0.497 e. The summed E-state index contributed by atoms with van der Waals surface area (Å²) in [6, 6.07) is 11.5. The van der Waals surface area contributed by atoms with Crippen molar-refractivity contribution in [2.75, 3.05) is 27.4 Å². The molecular formula is C21H25NO6. The molecule has 0 radical (unpaired) electrons. The summed E-state index contributed by atoms with van der Waals surface area (Å²) in [6.45, 7) is 3.84. The summed E-state index contributed by atoms with van der Waals surface area (Å²) in [5, 5.41) is 2.78. The molecule has 1 N–H and O–H groups in total. The molecule has 2 aromatic rings. The molecule has 0 heterocycles. The minimum atomic E-state index is -0.579. The topological polar surface area (TPSA) is 83.1 Å². The van der Waals surface area contributed by atoms with Gasteiger partial charge >= 0.3 is 5.97 Å². The average molecular weight is 387 g/mol. The highest BCUT2D eigenvalue weighted by molar-refractivity contribution is 5.91. The second kappa shape index (κ2) is 10.2. The van der Waals surface area contributed by atoms with Gasteiger partial charge in [-0.25, -0.2) is 4.79 Å². The Kier molecular flexibility index (Phi) is 7.68. The minimum absolute atomic E-state index is 0.346. The molecule has 0 unspecified atom stereocenters. The Hall–Kier alpha value is -3.22. The molecule has 0 saturated carbocycles. The van der Waals surface area contributed by atoms with Crippen LogP contribution in [0.25, 0.3) is 0 Å². The zero-order valence-corrected chi connectivity index (χ0v) is 16.5. The van der Waals surface area contributed by atoms with E-state index in [-0.39, 0.29) is 12.6 Å². The molecule has 28 heavy (non-hydrogen) atoms. The normalized spacial score (nSPS) is 11.3. The number of carbonyl (C=O) groups is 2. The first-order chi connectivity index (χ1) is 13.5. The smallest absolute Gasteiger partial charge is 0.338 e. The lowest BCUT2D eigenvalue weighted by Gasteiger charge is -2.18. The highest BCUT2D eigenvalue weighted by atomic mass is 16.5. The quantitative estimate of drug-likeness (QED) is 0.666. The zero-order chi connectivity index (χ0) is 20.5. The van der Waals surface area contributed by atoms with Crippen molar-refractivity contribution in [3.05, 3.63) is 53.6 Å². The summed E-state index contributed by atoms with van der Waals surface area (Å²) >= 11 is 0. The summed E-state index contributed by atoms with van der Waals surface area (Å²) in [7, 11) is 3.12. The van der Waals surface area contributed by atoms with Crippen LogP contribution in [-0.4, -0.2) is 39.3 Å². The number of ether oxygens (including phenoxy) is 4. The van der Waals surface area contributed by atoms with E-state index in [0.29, 0.717) is 29.4 Å². The molecule has 0 bridgehead atoms. The van der Waals surface area contributed by atoms with Crippen LogP contribution < -0.4 is 19.5 Å². The Labute approximate surface area is 164 Å². The highest BCUT2D eigenvalue weighted by Crippen LogP contribution is 2.29. The predicted molar refractivity (Wildman–Crippen MR) is 104 cm³/mol. The van der Waals surface area contributed by atoms with Gasteiger partial charge in [0.25, 0.3) is 5.91 Å². The third-order valence-corrected chi connectivity index (χ3v) is 4.02. The first kappa shape index (κ1) is 21.1. The zero-order valence-electron chi connectivity index (χ0n) is 16.5. The lowest BCUT2D eigenvalue weighted by molar-refractivity contribution is -0.124. The highest BCUT2D eigenvalue weighted by Gasteiger charge is 2.17. The maximum atomic E-state index is 12.2. The van der Waals surface area contributed by atoms with Gasteiger partial charge in [-0.2, -0.15) is 0 Å². The number of benzene rings is 2. The van der Waals surface area contributed by atoms with Crippen LogP contribution in [0, 0.1) is 0 Å². The van der Waals surface area contributed by atoms with Crippen molar-refractivity contribution in [3.63, 3.8) is 0 Å². The van der Waals surface area contributed by atoms with Crippen molar-refractivity contribution in [2.24, 2.45) is 0 Å². The molecule has 2 rings (SSSR count). The van der Waals surface area contributed by atoms with Crippen molar-refractivity contribution < 1.29 is 28.5 Å². The number of nitrogens with one attached hydrogen (secondary N) is 1. The van der Waals surface area contributed by atoms with Crippen molar-refractivity contribution in [3.8, 4) is 17.2 Å². The number of carbonyl (C=O) groups excluding carboxylic acids is 2. The molecular weight excluding hydrogens is 362 g/mol. The van der Waals surface area contributed by atoms with E-state index in [2.05, 4.69) is 5.32 Å². The summed E-state index contributed by atoms with van der Waals surface area (Å²) in [6.07, 6.45) is 0. The van der Waals surface area contributed by atoms with Gasteiger partial charge in [0.2, 0.25) is 0 Å². The van der Waals surface area contributed by atoms with E-state index in [4.69, 9.17) is 18.9 Å². The van der Waals surface area contributed by atoms with Crippen molar-refractivity contribution in [1.29, 1.82) is 0 Å². The molecule has 7 heteroatoms. The maximum absolute atomic E-state index is 12.2. The second-order valence-electron chi connectivity index (χ2n) is 5.93. The molecule has 0 fully saturated rings. The Morgan fingerprint density at radius 1 is 1.00 bits per heavy atom. The minimum Gasteiger partial charge on any atom is -0.497 e. The van der Waals surface area contributed by atoms with E-state index in [0.717, 1.165) is 5.56 Å². The molecule has 0 aromatic heterocycles. The van der Waals surface area contributed by atoms with Crippen LogP contribution in [0.2, 0.25) is 0 Å². The number of esters is 1. The van der Waals surface area contributed by atoms with Crippen molar-refractivity contribution in [1.82, 2.24) is 5.32 Å². The van der Waals surface area contributed by atoms with E-state index in [1.54, 1.807) is 56.7 Å². The van der Waals surface area contributed by atoms with Gasteiger partial charge in [0.1, 0.15) is 17.2 Å². The summed E-state index contributed by atoms with van der Waals surface area (Å²) in [5.74, 6) is 0.943. The van der Waals surface area contributed by atoms with Gasteiger partial charge in [0, 0.05) is 5.56 Å². The van der Waals surface area contributed by atoms with Crippen LogP contribution in [0.15, 0.2) is 42.5 Å². The molecule has 150 valence electrons. The Balaban J connectivity index is 1.92. The van der Waals surface area contributed by atoms with Gasteiger partial charge in [0.05, 0.1) is 32.4 Å². The first-order valence-corrected chi connectivity index (χ1v) is 8.89. The third kappa shape index (κ3) is 5.64. The fraction of sp³-hybridized carbons (Fsp3) is 0.333. The van der Waals surface area contributed by atoms with E-state index >= 15 is 0 Å². The summed E-state index contributed by atoms with van der Waals surface area (Å²) in [4.78, 5) is 24.3. The Morgan fingerprint density at radius 3 is 2.29 bits per heavy atom. The van der Waals surface area contributed by atoms with Crippen LogP contribution in [0.4, 0.5) is 0 Å². The second-order valence-corrected chi connectivity index (χ2v) is 5.93. The molecule has 0 saturated heterocycles. The number of hydrogen-bond donors (Lipinski definition) is 1. The summed E-state index contributed by atoms with van der Waals surface area (Å²) in [5.41, 5.74) is 1.10. The summed E-state index contributed by atoms with van der Waals surface area (Å²) < 4.78 is 20.9. The average Bonchev–Trinajstić information content (AvgIpc) is 2.72. The van der Waals surface area contributed by atoms with Gasteiger partial charge in [-0.05, 0) is 56.3 Å². The third-order valence-electron chi connectivity index (χ3n) is 4.02. The van der Waals surface area contributed by atoms with E-state index in [1.165, 1.54) is 0 Å². The molecule has 1 atom stereocenters. The number of amides is 1. The van der Waals surface area contributed by atoms with Gasteiger partial charge in [0.15, 0.2) is 6.61 Å². The fourth-order valence-electron chi connectivity index (χ4n) is 2.61. The molecule has 0 aliphatic heterocycles. The number of hydrogen-bond acceptors (Lipinski definition) is 6. The molecule has 0 aliphatic carbocycles. The van der Waals surface area contributed by atoms with Crippen molar-refractivity contribution in [2.45, 2.75) is 19.9 Å². The van der Waals surface area contributed by atoms with E-state index in [1.807, 2.05) is 13.8 Å². The van der Waals surface area contributed by atoms with Gasteiger partial charge in [-0.3, -0.25) is 4.79 Å². The van der Waals surface area contributed by atoms with Gasteiger partial charge < -0.3 is 24.3 Å². The lowest BCUT2D eigenvalue weighted by atomic mass is 10.1. The van der Waals surface area contributed by atoms with E-state index < -0.39 is 11.9 Å². The molecule has 7 nitrogen and oxygen atoms in total. The SMILES string of the molecule is CCOc1ccc(C(=O)OCC(=O)N[C@H](C)c2cc(OC)ccc2OC)cc1. The van der Waals surface area contributed by atoms with Crippen LogP contribution in [-0.2, 0) is 9.53 Å². The lowest BCUT2D eigenvalue weighted by Crippen LogP contribution is -2.31. The molecule has 2 aromatic carbocycles.